The van der Waals surface area contributed by atoms with Crippen molar-refractivity contribution in [3.05, 3.63) is 90.3 Å². The van der Waals surface area contributed by atoms with Gasteiger partial charge in [0.25, 0.3) is 5.91 Å². The number of hydrogen-bond acceptors (Lipinski definition) is 4. The molecule has 4 rings (SSSR count). The van der Waals surface area contributed by atoms with Crippen molar-refractivity contribution in [2.45, 2.75) is 6.42 Å². The monoisotopic (exact) mass is 386 g/mol. The first kappa shape index (κ1) is 19.0. The molecule has 1 N–H and O–H groups in total. The number of nitrogens with zero attached hydrogens (tertiary/aromatic N) is 3. The Hall–Kier alpha value is -3.34. The van der Waals surface area contributed by atoms with Gasteiger partial charge < -0.3 is 15.1 Å². The van der Waals surface area contributed by atoms with Crippen LogP contribution < -0.4 is 10.2 Å². The Morgan fingerprint density at radius 3 is 2.31 bits per heavy atom. The first-order chi connectivity index (χ1) is 14.3. The summed E-state index contributed by atoms with van der Waals surface area (Å²) >= 11 is 0. The van der Waals surface area contributed by atoms with Crippen LogP contribution >= 0.6 is 0 Å². The minimum atomic E-state index is 0.0527. The van der Waals surface area contributed by atoms with E-state index in [1.165, 1.54) is 11.3 Å². The summed E-state index contributed by atoms with van der Waals surface area (Å²) < 4.78 is 0. The van der Waals surface area contributed by atoms with E-state index in [4.69, 9.17) is 0 Å². The Morgan fingerprint density at radius 1 is 0.897 bits per heavy atom. The Morgan fingerprint density at radius 2 is 1.59 bits per heavy atom. The lowest BCUT2D eigenvalue weighted by Gasteiger charge is -2.36. The van der Waals surface area contributed by atoms with Gasteiger partial charge in [0.15, 0.2) is 0 Å². The highest BCUT2D eigenvalue weighted by Crippen LogP contribution is 2.17. The number of rotatable bonds is 6. The summed E-state index contributed by atoms with van der Waals surface area (Å²) in [4.78, 5) is 21.4. The molecule has 5 nitrogen and oxygen atoms in total. The SMILES string of the molecule is O=C(c1cncc(NCCc2ccccc2)c1)N1CCN(c2ccccc2)CC1. The highest BCUT2D eigenvalue weighted by molar-refractivity contribution is 5.95. The number of para-hydroxylation sites is 1. The molecule has 2 aromatic carbocycles. The third-order valence-corrected chi connectivity index (χ3v) is 5.26. The molecule has 0 unspecified atom stereocenters. The van der Waals surface area contributed by atoms with Crippen molar-refractivity contribution in [1.82, 2.24) is 9.88 Å². The van der Waals surface area contributed by atoms with Gasteiger partial charge in [-0.2, -0.15) is 0 Å². The van der Waals surface area contributed by atoms with Crippen LogP contribution in [0.1, 0.15) is 15.9 Å². The van der Waals surface area contributed by atoms with E-state index in [1.807, 2.05) is 35.2 Å². The summed E-state index contributed by atoms with van der Waals surface area (Å²) in [6, 6.07) is 22.6. The van der Waals surface area contributed by atoms with Crippen LogP contribution in [0.25, 0.3) is 0 Å². The van der Waals surface area contributed by atoms with Crippen molar-refractivity contribution in [2.75, 3.05) is 42.9 Å². The van der Waals surface area contributed by atoms with Crippen LogP contribution in [-0.2, 0) is 6.42 Å². The largest absolute Gasteiger partial charge is 0.383 e. The van der Waals surface area contributed by atoms with Crippen molar-refractivity contribution in [3.63, 3.8) is 0 Å². The van der Waals surface area contributed by atoms with Gasteiger partial charge in [0.2, 0.25) is 0 Å². The Balaban J connectivity index is 1.31. The molecule has 1 amide bonds. The highest BCUT2D eigenvalue weighted by atomic mass is 16.2. The number of hydrogen-bond donors (Lipinski definition) is 1. The molecule has 1 aromatic heterocycles. The molecule has 0 spiro atoms. The first-order valence-corrected chi connectivity index (χ1v) is 10.1. The van der Waals surface area contributed by atoms with Crippen molar-refractivity contribution in [1.29, 1.82) is 0 Å². The lowest BCUT2D eigenvalue weighted by molar-refractivity contribution is 0.0746. The van der Waals surface area contributed by atoms with E-state index in [0.717, 1.165) is 44.8 Å². The van der Waals surface area contributed by atoms with Crippen LogP contribution in [0.15, 0.2) is 79.1 Å². The summed E-state index contributed by atoms with van der Waals surface area (Å²) in [5.74, 6) is 0.0527. The minimum absolute atomic E-state index is 0.0527. The molecule has 2 heterocycles. The van der Waals surface area contributed by atoms with Crippen LogP contribution in [0.3, 0.4) is 0 Å². The van der Waals surface area contributed by atoms with Gasteiger partial charge in [-0.3, -0.25) is 9.78 Å². The minimum Gasteiger partial charge on any atom is -0.383 e. The molecule has 1 saturated heterocycles. The van der Waals surface area contributed by atoms with Gasteiger partial charge in [-0.05, 0) is 30.2 Å². The molecule has 1 aliphatic heterocycles. The maximum absolute atomic E-state index is 12.9. The molecule has 3 aromatic rings. The van der Waals surface area contributed by atoms with Crippen molar-refractivity contribution >= 4 is 17.3 Å². The number of piperazine rings is 1. The average molecular weight is 386 g/mol. The highest BCUT2D eigenvalue weighted by Gasteiger charge is 2.22. The second-order valence-electron chi connectivity index (χ2n) is 7.24. The van der Waals surface area contributed by atoms with Crippen LogP contribution in [0.5, 0.6) is 0 Å². The molecule has 148 valence electrons. The summed E-state index contributed by atoms with van der Waals surface area (Å²) in [6.45, 7) is 3.94. The van der Waals surface area contributed by atoms with E-state index in [-0.39, 0.29) is 5.91 Å². The van der Waals surface area contributed by atoms with Gasteiger partial charge in [0.1, 0.15) is 0 Å². The van der Waals surface area contributed by atoms with Crippen LogP contribution in [0.4, 0.5) is 11.4 Å². The molecule has 0 atom stereocenters. The van der Waals surface area contributed by atoms with E-state index in [9.17, 15) is 4.79 Å². The van der Waals surface area contributed by atoms with Crippen LogP contribution in [0.2, 0.25) is 0 Å². The lowest BCUT2D eigenvalue weighted by Crippen LogP contribution is -2.48. The quantitative estimate of drug-likeness (QED) is 0.702. The molecule has 0 aliphatic carbocycles. The second-order valence-corrected chi connectivity index (χ2v) is 7.24. The molecular formula is C24H26N4O. The zero-order valence-electron chi connectivity index (χ0n) is 16.5. The number of nitrogens with one attached hydrogen (secondary N) is 1. The summed E-state index contributed by atoms with van der Waals surface area (Å²) in [5, 5.41) is 3.38. The predicted molar refractivity (Wildman–Crippen MR) is 117 cm³/mol. The van der Waals surface area contributed by atoms with Gasteiger partial charge >= 0.3 is 0 Å². The molecule has 0 bridgehead atoms. The lowest BCUT2D eigenvalue weighted by atomic mass is 10.1. The molecule has 0 saturated carbocycles. The fraction of sp³-hybridized carbons (Fsp3) is 0.250. The summed E-state index contributed by atoms with van der Waals surface area (Å²) in [7, 11) is 0. The number of carbonyl (C=O) groups is 1. The zero-order valence-corrected chi connectivity index (χ0v) is 16.5. The van der Waals surface area contributed by atoms with E-state index >= 15 is 0 Å². The van der Waals surface area contributed by atoms with E-state index < -0.39 is 0 Å². The van der Waals surface area contributed by atoms with Gasteiger partial charge in [-0.25, -0.2) is 0 Å². The molecule has 1 aliphatic rings. The number of amides is 1. The average Bonchev–Trinajstić information content (AvgIpc) is 2.80. The third-order valence-electron chi connectivity index (χ3n) is 5.26. The summed E-state index contributed by atoms with van der Waals surface area (Å²) in [5.41, 5.74) is 4.03. The van der Waals surface area contributed by atoms with Gasteiger partial charge in [0, 0.05) is 50.8 Å². The van der Waals surface area contributed by atoms with Crippen LogP contribution in [0, 0.1) is 0 Å². The second kappa shape index (κ2) is 9.24. The molecular weight excluding hydrogens is 360 g/mol. The predicted octanol–water partition coefficient (Wildman–Crippen LogP) is 3.70. The maximum Gasteiger partial charge on any atom is 0.255 e. The normalized spacial score (nSPS) is 13.9. The summed E-state index contributed by atoms with van der Waals surface area (Å²) in [6.07, 6.45) is 4.36. The Labute approximate surface area is 172 Å². The van der Waals surface area contributed by atoms with Crippen molar-refractivity contribution in [3.8, 4) is 0 Å². The van der Waals surface area contributed by atoms with E-state index in [0.29, 0.717) is 5.56 Å². The Kier molecular flexibility index (Phi) is 6.05. The fourth-order valence-corrected chi connectivity index (χ4v) is 3.64. The smallest absolute Gasteiger partial charge is 0.255 e. The van der Waals surface area contributed by atoms with Crippen molar-refractivity contribution < 1.29 is 4.79 Å². The van der Waals surface area contributed by atoms with Gasteiger partial charge in [-0.1, -0.05) is 48.5 Å². The third kappa shape index (κ3) is 4.93. The van der Waals surface area contributed by atoms with Gasteiger partial charge in [0.05, 0.1) is 11.3 Å². The molecule has 29 heavy (non-hydrogen) atoms. The number of carbonyl (C=O) groups excluding carboxylic acids is 1. The first-order valence-electron chi connectivity index (χ1n) is 10.1. The fourth-order valence-electron chi connectivity index (χ4n) is 3.64. The number of benzene rings is 2. The number of aromatic nitrogens is 1. The van der Waals surface area contributed by atoms with Crippen molar-refractivity contribution in [2.24, 2.45) is 0 Å². The van der Waals surface area contributed by atoms with E-state index in [1.54, 1.807) is 12.4 Å². The molecule has 0 radical (unpaired) electrons. The van der Waals surface area contributed by atoms with E-state index in [2.05, 4.69) is 51.6 Å². The van der Waals surface area contributed by atoms with Gasteiger partial charge in [-0.15, -0.1) is 0 Å². The zero-order chi connectivity index (χ0) is 19.9. The van der Waals surface area contributed by atoms with Crippen LogP contribution in [-0.4, -0.2) is 48.5 Å². The Bertz CT molecular complexity index is 922. The number of pyridine rings is 1. The maximum atomic E-state index is 12.9. The topological polar surface area (TPSA) is 48.5 Å². The molecule has 1 fully saturated rings. The molecule has 5 heteroatoms. The standard InChI is InChI=1S/C24H26N4O/c29-24(28-15-13-27(14-16-28)23-9-5-2-6-10-23)21-17-22(19-25-18-21)26-12-11-20-7-3-1-4-8-20/h1-10,17-19,26H,11-16H2. The number of anilines is 2.